The molecule has 1 aliphatic rings. The first-order valence-electron chi connectivity index (χ1n) is 5.05. The van der Waals surface area contributed by atoms with Crippen LogP contribution in [0.2, 0.25) is 0 Å². The Kier molecular flexibility index (Phi) is 3.49. The summed E-state index contributed by atoms with van der Waals surface area (Å²) >= 11 is 3.44. The van der Waals surface area contributed by atoms with E-state index in [1.807, 2.05) is 4.99 Å². The molecule has 0 saturated carbocycles. The van der Waals surface area contributed by atoms with Gasteiger partial charge in [-0.3, -0.25) is 0 Å². The van der Waals surface area contributed by atoms with Gasteiger partial charge in [0.05, 0.1) is 0 Å². The molecule has 74 valence electrons. The summed E-state index contributed by atoms with van der Waals surface area (Å²) in [6.45, 7) is 0. The van der Waals surface area contributed by atoms with Crippen LogP contribution in [0.15, 0.2) is 41.4 Å². The van der Waals surface area contributed by atoms with Gasteiger partial charge >= 0.3 is 18.9 Å². The molecule has 3 rings (SSSR count). The van der Waals surface area contributed by atoms with E-state index in [0.717, 1.165) is 6.42 Å². The largest absolute Gasteiger partial charge is 1.00 e. The fourth-order valence-corrected chi connectivity index (χ4v) is 2.64. The molecule has 0 amide bonds. The molecule has 0 nitrogen and oxygen atoms in total. The first kappa shape index (κ1) is 11.9. The van der Waals surface area contributed by atoms with Crippen molar-refractivity contribution in [3.63, 3.8) is 0 Å². The van der Waals surface area contributed by atoms with Crippen LogP contribution in [0.25, 0.3) is 22.4 Å². The summed E-state index contributed by atoms with van der Waals surface area (Å²) in [6, 6.07) is 10.8. The summed E-state index contributed by atoms with van der Waals surface area (Å²) in [5.41, 5.74) is 4.10. The van der Waals surface area contributed by atoms with Crippen LogP contribution in [0, 0.1) is 0 Å². The second-order valence-electron chi connectivity index (χ2n) is 3.80. The molecule has 0 radical (unpaired) electrons. The molecular weight excluding hydrogens is 255 g/mol. The molecule has 2 aromatic carbocycles. The molecule has 16 heavy (non-hydrogen) atoms. The van der Waals surface area contributed by atoms with Crippen LogP contribution < -0.4 is 18.9 Å². The first-order chi connectivity index (χ1) is 7.40. The number of rotatable bonds is 0. The number of hydrogen-bond donors (Lipinski definition) is 0. The van der Waals surface area contributed by atoms with Crippen LogP contribution in [-0.4, -0.2) is 0 Å². The van der Waals surface area contributed by atoms with E-state index in [2.05, 4.69) is 58.4 Å². The summed E-state index contributed by atoms with van der Waals surface area (Å²) in [5, 5.41) is 2.69. The number of hydrogen-bond acceptors (Lipinski definition) is 0. The summed E-state index contributed by atoms with van der Waals surface area (Å²) in [4.78, 5) is 2.04. The summed E-state index contributed by atoms with van der Waals surface area (Å²) in [5.74, 6) is 0. The van der Waals surface area contributed by atoms with Crippen molar-refractivity contribution < 1.29 is 18.9 Å². The van der Waals surface area contributed by atoms with Gasteiger partial charge in [-0.1, -0.05) is 51.9 Å². The van der Waals surface area contributed by atoms with Crippen LogP contribution >= 0.6 is 15.9 Å². The van der Waals surface area contributed by atoms with Crippen molar-refractivity contribution in [3.8, 4) is 0 Å². The maximum atomic E-state index is 3.44. The van der Waals surface area contributed by atoms with Crippen molar-refractivity contribution in [2.24, 2.45) is 0 Å². The second kappa shape index (κ2) is 4.71. The average Bonchev–Trinajstić information content (AvgIpc) is 2.67. The van der Waals surface area contributed by atoms with E-state index >= 15 is 0 Å². The van der Waals surface area contributed by atoms with Gasteiger partial charge in [-0.05, 0) is 11.4 Å². The molecule has 0 fully saturated rings. The van der Waals surface area contributed by atoms with E-state index in [4.69, 9.17) is 0 Å². The van der Waals surface area contributed by atoms with Gasteiger partial charge in [0.1, 0.15) is 0 Å². The van der Waals surface area contributed by atoms with E-state index in [9.17, 15) is 0 Å². The third-order valence-corrected chi connectivity index (χ3v) is 3.49. The zero-order valence-electron chi connectivity index (χ0n) is 9.20. The van der Waals surface area contributed by atoms with E-state index < -0.39 is 0 Å². The molecular formula is C14H10BrLi. The zero-order chi connectivity index (χ0) is 10.3. The van der Waals surface area contributed by atoms with Crippen LogP contribution in [0.5, 0.6) is 0 Å². The Hall–Kier alpha value is -0.613. The topological polar surface area (TPSA) is 0 Å². The molecule has 1 aliphatic carbocycles. The maximum absolute atomic E-state index is 3.44. The second-order valence-corrected chi connectivity index (χ2v) is 4.26. The number of allylic oxidation sites excluding steroid dienone is 2. The molecule has 0 aliphatic heterocycles. The van der Waals surface area contributed by atoms with Crippen molar-refractivity contribution in [3.05, 3.63) is 52.5 Å². The Bertz CT molecular complexity index is 575. The quantitative estimate of drug-likeness (QED) is 0.502. The fourth-order valence-electron chi connectivity index (χ4n) is 2.21. The van der Waals surface area contributed by atoms with Gasteiger partial charge in [-0.2, -0.15) is 0 Å². The molecule has 0 N–H and O–H groups in total. The standard InChI is InChI=1S/C14H10Br.Li/c15-9-11-5-3-7-13-12-6-2-1-4-10(12)8-14(11)13;/h1-4,6-9H,5H2;/q-1;+1. The average molecular weight is 265 g/mol. The molecule has 0 heterocycles. The Morgan fingerprint density at radius 1 is 1.25 bits per heavy atom. The molecule has 0 unspecified atom stereocenters. The van der Waals surface area contributed by atoms with Crippen LogP contribution in [0.3, 0.4) is 0 Å². The van der Waals surface area contributed by atoms with Gasteiger partial charge in [0.15, 0.2) is 0 Å². The minimum atomic E-state index is 0. The first-order valence-corrected chi connectivity index (χ1v) is 5.96. The van der Waals surface area contributed by atoms with Crippen LogP contribution in [-0.2, 0) is 0 Å². The summed E-state index contributed by atoms with van der Waals surface area (Å²) in [7, 11) is 0. The van der Waals surface area contributed by atoms with Crippen LogP contribution in [0.4, 0.5) is 0 Å². The maximum Gasteiger partial charge on any atom is 1.00 e. The zero-order valence-corrected chi connectivity index (χ0v) is 10.8. The molecule has 0 atom stereocenters. The van der Waals surface area contributed by atoms with E-state index in [1.54, 1.807) is 0 Å². The van der Waals surface area contributed by atoms with Crippen LogP contribution in [0.1, 0.15) is 17.5 Å². The summed E-state index contributed by atoms with van der Waals surface area (Å²) < 4.78 is 0. The summed E-state index contributed by atoms with van der Waals surface area (Å²) in [6.07, 6.45) is 5.48. The fraction of sp³-hybridized carbons (Fsp3) is 0.0714. The Labute approximate surface area is 116 Å². The van der Waals surface area contributed by atoms with Crippen molar-refractivity contribution in [1.29, 1.82) is 0 Å². The predicted molar refractivity (Wildman–Crippen MR) is 70.1 cm³/mol. The number of fused-ring (bicyclic) bond motifs is 3. The number of halogens is 1. The SMILES string of the molecule is BrC=C1CC=Cc2c1[cH-]c1ccccc21.[Li+]. The molecule has 0 spiro atoms. The molecule has 2 aromatic rings. The van der Waals surface area contributed by atoms with Crippen molar-refractivity contribution in [2.75, 3.05) is 0 Å². The van der Waals surface area contributed by atoms with Crippen molar-refractivity contribution >= 4 is 38.4 Å². The third kappa shape index (κ3) is 1.74. The van der Waals surface area contributed by atoms with Gasteiger partial charge in [0, 0.05) is 0 Å². The Balaban J connectivity index is 0.000000963. The van der Waals surface area contributed by atoms with Gasteiger partial charge in [-0.25, -0.2) is 0 Å². The van der Waals surface area contributed by atoms with Gasteiger partial charge in [0.2, 0.25) is 0 Å². The van der Waals surface area contributed by atoms with E-state index in [-0.39, 0.29) is 18.9 Å². The van der Waals surface area contributed by atoms with Gasteiger partial charge in [-0.15, -0.1) is 34.0 Å². The molecule has 2 heteroatoms. The number of benzene rings is 1. The van der Waals surface area contributed by atoms with Gasteiger partial charge < -0.3 is 0 Å². The third-order valence-electron chi connectivity index (χ3n) is 2.94. The van der Waals surface area contributed by atoms with Crippen molar-refractivity contribution in [1.82, 2.24) is 0 Å². The van der Waals surface area contributed by atoms with Crippen molar-refractivity contribution in [2.45, 2.75) is 6.42 Å². The molecule has 0 saturated heterocycles. The Morgan fingerprint density at radius 3 is 2.88 bits per heavy atom. The van der Waals surface area contributed by atoms with E-state index in [0.29, 0.717) is 0 Å². The normalized spacial score (nSPS) is 16.2. The predicted octanol–water partition coefficient (Wildman–Crippen LogP) is 1.72. The minimum Gasteiger partial charge on any atom is -0.126 e. The monoisotopic (exact) mass is 264 g/mol. The Morgan fingerprint density at radius 2 is 2.06 bits per heavy atom. The van der Waals surface area contributed by atoms with Gasteiger partial charge in [0.25, 0.3) is 0 Å². The van der Waals surface area contributed by atoms with E-state index in [1.165, 1.54) is 27.5 Å². The smallest absolute Gasteiger partial charge is 0.126 e. The molecule has 0 bridgehead atoms. The minimum absolute atomic E-state index is 0. The molecule has 0 aromatic heterocycles.